The topological polar surface area (TPSA) is 46.1 Å². The summed E-state index contributed by atoms with van der Waals surface area (Å²) in [5.41, 5.74) is 4.32. The predicted molar refractivity (Wildman–Crippen MR) is 110 cm³/mol. The average Bonchev–Trinajstić information content (AvgIpc) is 3.15. The van der Waals surface area contributed by atoms with E-state index < -0.39 is 0 Å². The lowest BCUT2D eigenvalue weighted by atomic mass is 10.1. The van der Waals surface area contributed by atoms with Gasteiger partial charge in [0.2, 0.25) is 0 Å². The number of halogens is 1. The number of hydrogen-bond donors (Lipinski definition) is 0. The molecule has 0 saturated carbocycles. The van der Waals surface area contributed by atoms with Gasteiger partial charge in [-0.05, 0) is 67.4 Å². The Morgan fingerprint density at radius 3 is 2.57 bits per heavy atom. The maximum Gasteiger partial charge on any atom is 0.260 e. The van der Waals surface area contributed by atoms with E-state index in [2.05, 4.69) is 11.1 Å². The van der Waals surface area contributed by atoms with Crippen LogP contribution in [0.2, 0.25) is 0 Å². The Morgan fingerprint density at radius 1 is 1.07 bits per heavy atom. The maximum absolute atomic E-state index is 13.3. The largest absolute Gasteiger partial charge is 0.278 e. The lowest BCUT2D eigenvalue weighted by Crippen LogP contribution is -2.30. The number of aromatic nitrogens is 2. The van der Waals surface area contributed by atoms with Gasteiger partial charge in [0, 0.05) is 11.8 Å². The summed E-state index contributed by atoms with van der Waals surface area (Å²) in [6.45, 7) is 4.37. The molecule has 4 aromatic rings. The highest BCUT2D eigenvalue weighted by Gasteiger charge is 2.23. The molecule has 0 aliphatic carbocycles. The van der Waals surface area contributed by atoms with Gasteiger partial charge in [0.15, 0.2) is 5.13 Å². The van der Waals surface area contributed by atoms with Crippen LogP contribution in [0, 0.1) is 19.7 Å². The first-order valence-corrected chi connectivity index (χ1v) is 9.68. The van der Waals surface area contributed by atoms with Crippen molar-refractivity contribution in [1.82, 2.24) is 9.97 Å². The summed E-state index contributed by atoms with van der Waals surface area (Å²) in [4.78, 5) is 23.9. The molecule has 0 aliphatic rings. The molecule has 6 heteroatoms. The average molecular weight is 391 g/mol. The third kappa shape index (κ3) is 3.51. The fourth-order valence-electron chi connectivity index (χ4n) is 2.96. The number of benzene rings is 2. The van der Waals surface area contributed by atoms with E-state index in [0.29, 0.717) is 10.7 Å². The van der Waals surface area contributed by atoms with Gasteiger partial charge in [0.05, 0.1) is 22.5 Å². The van der Waals surface area contributed by atoms with Gasteiger partial charge in [-0.25, -0.2) is 9.37 Å². The fraction of sp³-hybridized carbons (Fsp3) is 0.136. The minimum absolute atomic E-state index is 0.237. The summed E-state index contributed by atoms with van der Waals surface area (Å²) in [5, 5.41) is 0.601. The van der Waals surface area contributed by atoms with Crippen molar-refractivity contribution in [3.8, 4) is 0 Å². The molecule has 28 heavy (non-hydrogen) atoms. The van der Waals surface area contributed by atoms with Crippen LogP contribution in [0.1, 0.15) is 27.2 Å². The third-order valence-electron chi connectivity index (χ3n) is 4.69. The summed E-state index contributed by atoms with van der Waals surface area (Å²) in [6.07, 6.45) is 1.70. The second-order valence-electron chi connectivity index (χ2n) is 6.57. The van der Waals surface area contributed by atoms with Crippen molar-refractivity contribution >= 4 is 32.6 Å². The summed E-state index contributed by atoms with van der Waals surface area (Å²) < 4.78 is 14.3. The zero-order chi connectivity index (χ0) is 19.7. The van der Waals surface area contributed by atoms with Crippen molar-refractivity contribution < 1.29 is 9.18 Å². The van der Waals surface area contributed by atoms with E-state index in [-0.39, 0.29) is 18.3 Å². The van der Waals surface area contributed by atoms with Crippen molar-refractivity contribution in [3.05, 3.63) is 89.0 Å². The minimum atomic E-state index is -0.376. The van der Waals surface area contributed by atoms with Crippen molar-refractivity contribution in [2.45, 2.75) is 20.4 Å². The van der Waals surface area contributed by atoms with E-state index in [4.69, 9.17) is 4.98 Å². The molecule has 0 spiro atoms. The van der Waals surface area contributed by atoms with E-state index in [1.54, 1.807) is 11.1 Å². The summed E-state index contributed by atoms with van der Waals surface area (Å²) >= 11 is 1.47. The minimum Gasteiger partial charge on any atom is -0.278 e. The highest BCUT2D eigenvalue weighted by molar-refractivity contribution is 7.22. The highest BCUT2D eigenvalue weighted by Crippen LogP contribution is 2.33. The van der Waals surface area contributed by atoms with E-state index in [1.165, 1.54) is 35.6 Å². The number of aryl methyl sites for hydroxylation is 2. The molecular formula is C22H18FN3OS. The van der Waals surface area contributed by atoms with Gasteiger partial charge in [-0.3, -0.25) is 14.7 Å². The molecule has 2 aromatic heterocycles. The van der Waals surface area contributed by atoms with Crippen LogP contribution in [-0.2, 0) is 6.54 Å². The molecule has 2 heterocycles. The van der Waals surface area contributed by atoms with Crippen molar-refractivity contribution in [2.24, 2.45) is 0 Å². The smallest absolute Gasteiger partial charge is 0.260 e. The van der Waals surface area contributed by atoms with E-state index >= 15 is 0 Å². The van der Waals surface area contributed by atoms with E-state index in [9.17, 15) is 9.18 Å². The Bertz CT molecular complexity index is 1140. The summed E-state index contributed by atoms with van der Waals surface area (Å²) in [6, 6.07) is 15.2. The number of pyridine rings is 1. The van der Waals surface area contributed by atoms with Crippen LogP contribution < -0.4 is 4.90 Å². The van der Waals surface area contributed by atoms with Crippen LogP contribution in [0.25, 0.3) is 10.2 Å². The van der Waals surface area contributed by atoms with Crippen molar-refractivity contribution in [1.29, 1.82) is 0 Å². The third-order valence-corrected chi connectivity index (χ3v) is 5.73. The lowest BCUT2D eigenvalue weighted by molar-refractivity contribution is 0.0985. The van der Waals surface area contributed by atoms with Crippen LogP contribution in [0.15, 0.2) is 60.8 Å². The summed E-state index contributed by atoms with van der Waals surface area (Å²) in [5.74, 6) is -0.613. The normalized spacial score (nSPS) is 11.0. The van der Waals surface area contributed by atoms with Gasteiger partial charge in [0.25, 0.3) is 5.91 Å². The molecule has 0 fully saturated rings. The number of hydrogen-bond acceptors (Lipinski definition) is 4. The van der Waals surface area contributed by atoms with Gasteiger partial charge in [-0.1, -0.05) is 23.5 Å². The van der Waals surface area contributed by atoms with Crippen LogP contribution in [0.3, 0.4) is 0 Å². The van der Waals surface area contributed by atoms with Gasteiger partial charge < -0.3 is 0 Å². The second kappa shape index (κ2) is 7.48. The molecule has 0 radical (unpaired) electrons. The van der Waals surface area contributed by atoms with Gasteiger partial charge in [-0.15, -0.1) is 0 Å². The van der Waals surface area contributed by atoms with Crippen LogP contribution in [0.5, 0.6) is 0 Å². The monoisotopic (exact) mass is 391 g/mol. The van der Waals surface area contributed by atoms with E-state index in [0.717, 1.165) is 27.0 Å². The molecule has 0 unspecified atom stereocenters. The first-order chi connectivity index (χ1) is 13.5. The first kappa shape index (κ1) is 18.3. The molecule has 0 bridgehead atoms. The molecular weight excluding hydrogens is 373 g/mol. The summed E-state index contributed by atoms with van der Waals surface area (Å²) in [7, 11) is 0. The number of anilines is 1. The number of carbonyl (C=O) groups excluding carboxylic acids is 1. The standard InChI is InChI=1S/C22H18FN3OS/c1-14-6-11-19-20(15(14)2)25-22(28-19)26(13-18-5-3-4-12-24-18)21(27)16-7-9-17(23)10-8-16/h3-12H,13H2,1-2H3. The van der Waals surface area contributed by atoms with Crippen molar-refractivity contribution in [3.63, 3.8) is 0 Å². The lowest BCUT2D eigenvalue weighted by Gasteiger charge is -2.19. The second-order valence-corrected chi connectivity index (χ2v) is 7.58. The van der Waals surface area contributed by atoms with Gasteiger partial charge in [-0.2, -0.15) is 0 Å². The number of carbonyl (C=O) groups is 1. The number of rotatable bonds is 4. The number of thiazole rings is 1. The fourth-order valence-corrected chi connectivity index (χ4v) is 3.98. The Balaban J connectivity index is 1.79. The number of nitrogens with zero attached hydrogens (tertiary/aromatic N) is 3. The SMILES string of the molecule is Cc1ccc2sc(N(Cc3ccccn3)C(=O)c3ccc(F)cc3)nc2c1C. The molecule has 4 nitrogen and oxygen atoms in total. The number of amides is 1. The molecule has 0 aliphatic heterocycles. The molecule has 4 rings (SSSR count). The van der Waals surface area contributed by atoms with Gasteiger partial charge >= 0.3 is 0 Å². The molecule has 0 saturated heterocycles. The van der Waals surface area contributed by atoms with Crippen LogP contribution >= 0.6 is 11.3 Å². The Kier molecular flexibility index (Phi) is 4.88. The predicted octanol–water partition coefficient (Wildman–Crippen LogP) is 5.29. The maximum atomic E-state index is 13.3. The van der Waals surface area contributed by atoms with E-state index in [1.807, 2.05) is 38.1 Å². The quantitative estimate of drug-likeness (QED) is 0.475. The zero-order valence-corrected chi connectivity index (χ0v) is 16.3. The molecule has 0 atom stereocenters. The van der Waals surface area contributed by atoms with Gasteiger partial charge in [0.1, 0.15) is 5.82 Å². The Labute approximate surface area is 166 Å². The molecule has 0 N–H and O–H groups in total. The van der Waals surface area contributed by atoms with Crippen LogP contribution in [0.4, 0.5) is 9.52 Å². The highest BCUT2D eigenvalue weighted by atomic mass is 32.1. The number of fused-ring (bicyclic) bond motifs is 1. The Hall–Kier alpha value is -3.12. The molecule has 2 aromatic carbocycles. The molecule has 140 valence electrons. The van der Waals surface area contributed by atoms with Crippen LogP contribution in [-0.4, -0.2) is 15.9 Å². The zero-order valence-electron chi connectivity index (χ0n) is 15.5. The Morgan fingerprint density at radius 2 is 1.86 bits per heavy atom. The molecule has 1 amide bonds. The first-order valence-electron chi connectivity index (χ1n) is 8.87. The van der Waals surface area contributed by atoms with Crippen molar-refractivity contribution in [2.75, 3.05) is 4.90 Å².